The van der Waals surface area contributed by atoms with Gasteiger partial charge in [0.05, 0.1) is 17.3 Å². The van der Waals surface area contributed by atoms with Gasteiger partial charge < -0.3 is 9.84 Å². The smallest absolute Gasteiger partial charge is 0.312 e. The zero-order valence-corrected chi connectivity index (χ0v) is 11.0. The van der Waals surface area contributed by atoms with Gasteiger partial charge in [-0.2, -0.15) is 0 Å². The van der Waals surface area contributed by atoms with E-state index in [4.69, 9.17) is 4.74 Å². The summed E-state index contributed by atoms with van der Waals surface area (Å²) in [4.78, 5) is 11.9. The van der Waals surface area contributed by atoms with Gasteiger partial charge in [0.2, 0.25) is 0 Å². The Morgan fingerprint density at radius 3 is 2.74 bits per heavy atom. The van der Waals surface area contributed by atoms with Crippen molar-refractivity contribution in [3.8, 4) is 0 Å². The Hall–Kier alpha value is -1.40. The quantitative estimate of drug-likeness (QED) is 0.877. The van der Waals surface area contributed by atoms with Crippen LogP contribution in [0, 0.1) is 5.41 Å². The molecule has 5 nitrogen and oxygen atoms in total. The number of rotatable bonds is 2. The van der Waals surface area contributed by atoms with E-state index in [1.807, 2.05) is 0 Å². The van der Waals surface area contributed by atoms with Gasteiger partial charge in [-0.1, -0.05) is 18.2 Å². The lowest BCUT2D eigenvalue weighted by Gasteiger charge is -2.29. The molecule has 2 atom stereocenters. The van der Waals surface area contributed by atoms with Gasteiger partial charge in [-0.25, -0.2) is 8.42 Å². The average Bonchev–Trinajstić information content (AvgIpc) is 2.95. The summed E-state index contributed by atoms with van der Waals surface area (Å²) in [6.45, 7) is 0.446. The van der Waals surface area contributed by atoms with Gasteiger partial charge >= 0.3 is 5.97 Å². The van der Waals surface area contributed by atoms with Crippen molar-refractivity contribution in [2.24, 2.45) is 5.41 Å². The molecule has 1 aromatic rings. The van der Waals surface area contributed by atoms with Gasteiger partial charge in [0, 0.05) is 12.5 Å². The van der Waals surface area contributed by atoms with Crippen molar-refractivity contribution in [3.05, 3.63) is 29.8 Å². The molecule has 2 unspecified atom stereocenters. The fourth-order valence-corrected chi connectivity index (χ4v) is 5.05. The van der Waals surface area contributed by atoms with Crippen LogP contribution in [-0.2, 0) is 19.4 Å². The van der Waals surface area contributed by atoms with E-state index in [0.717, 1.165) is 0 Å². The standard InChI is InChI=1S/C13H14O5S/c14-12(15)13(5-6-18-8-13)10-7-19(16,17)11-4-2-1-3-9(10)11/h1-4,10H,5-8H2,(H,14,15). The SMILES string of the molecule is O=C(O)C1(C2CS(=O)(=O)c3ccccc32)CCOC1. The molecule has 2 aliphatic rings. The number of carboxylic acids is 1. The van der Waals surface area contributed by atoms with Crippen LogP contribution in [-0.4, -0.2) is 38.5 Å². The molecule has 6 heteroatoms. The zero-order valence-electron chi connectivity index (χ0n) is 10.2. The lowest BCUT2D eigenvalue weighted by molar-refractivity contribution is -0.150. The zero-order chi connectivity index (χ0) is 13.7. The third-order valence-electron chi connectivity index (χ3n) is 4.16. The molecule has 0 spiro atoms. The molecule has 0 radical (unpaired) electrons. The van der Waals surface area contributed by atoms with Crippen LogP contribution >= 0.6 is 0 Å². The van der Waals surface area contributed by atoms with Crippen molar-refractivity contribution in [2.75, 3.05) is 19.0 Å². The molecule has 19 heavy (non-hydrogen) atoms. The molecule has 0 amide bonds. The van der Waals surface area contributed by atoms with Crippen molar-refractivity contribution in [2.45, 2.75) is 17.2 Å². The van der Waals surface area contributed by atoms with Crippen LogP contribution in [0.4, 0.5) is 0 Å². The minimum atomic E-state index is -3.38. The number of aliphatic carboxylic acids is 1. The van der Waals surface area contributed by atoms with Crippen LogP contribution in [0.15, 0.2) is 29.2 Å². The first-order valence-electron chi connectivity index (χ1n) is 6.10. The Labute approximate surface area is 111 Å². The van der Waals surface area contributed by atoms with Gasteiger partial charge in [-0.15, -0.1) is 0 Å². The van der Waals surface area contributed by atoms with Crippen LogP contribution in [0.2, 0.25) is 0 Å². The van der Waals surface area contributed by atoms with Crippen LogP contribution in [0.1, 0.15) is 17.9 Å². The van der Waals surface area contributed by atoms with Crippen molar-refractivity contribution < 1.29 is 23.1 Å². The highest BCUT2D eigenvalue weighted by molar-refractivity contribution is 7.91. The summed E-state index contributed by atoms with van der Waals surface area (Å²) in [7, 11) is -3.38. The first-order valence-corrected chi connectivity index (χ1v) is 7.75. The van der Waals surface area contributed by atoms with E-state index in [1.54, 1.807) is 24.3 Å². The summed E-state index contributed by atoms with van der Waals surface area (Å²) in [5, 5.41) is 9.55. The second-order valence-electron chi connectivity index (χ2n) is 5.14. The number of carboxylic acid groups (broad SMARTS) is 1. The van der Waals surface area contributed by atoms with E-state index < -0.39 is 27.1 Å². The summed E-state index contributed by atoms with van der Waals surface area (Å²) in [6.07, 6.45) is 0.358. The number of hydrogen-bond donors (Lipinski definition) is 1. The third kappa shape index (κ3) is 1.70. The van der Waals surface area contributed by atoms with Crippen LogP contribution in [0.25, 0.3) is 0 Å². The molecule has 1 fully saturated rings. The van der Waals surface area contributed by atoms with E-state index in [-0.39, 0.29) is 17.3 Å². The maximum absolute atomic E-state index is 12.2. The molecule has 0 aliphatic carbocycles. The van der Waals surface area contributed by atoms with Crippen molar-refractivity contribution in [3.63, 3.8) is 0 Å². The van der Waals surface area contributed by atoms with E-state index in [0.29, 0.717) is 18.6 Å². The van der Waals surface area contributed by atoms with Crippen molar-refractivity contribution >= 4 is 15.8 Å². The highest BCUT2D eigenvalue weighted by Crippen LogP contribution is 2.49. The van der Waals surface area contributed by atoms with E-state index in [9.17, 15) is 18.3 Å². The summed E-state index contributed by atoms with van der Waals surface area (Å²) in [5.41, 5.74) is -0.491. The van der Waals surface area contributed by atoms with Crippen molar-refractivity contribution in [1.82, 2.24) is 0 Å². The fourth-order valence-electron chi connectivity index (χ4n) is 3.08. The Kier molecular flexibility index (Phi) is 2.69. The first kappa shape index (κ1) is 12.6. The number of hydrogen-bond acceptors (Lipinski definition) is 4. The third-order valence-corrected chi connectivity index (χ3v) is 5.97. The summed E-state index contributed by atoms with van der Waals surface area (Å²) in [5.74, 6) is -1.63. The second kappa shape index (κ2) is 4.05. The van der Waals surface area contributed by atoms with Gasteiger partial charge in [-0.3, -0.25) is 4.79 Å². The maximum atomic E-state index is 12.2. The summed E-state index contributed by atoms with van der Waals surface area (Å²) in [6, 6.07) is 6.68. The predicted molar refractivity (Wildman–Crippen MR) is 66.7 cm³/mol. The molecule has 0 saturated carbocycles. The van der Waals surface area contributed by atoms with Gasteiger partial charge in [-0.05, 0) is 18.1 Å². The van der Waals surface area contributed by atoms with Crippen LogP contribution in [0.3, 0.4) is 0 Å². The molecule has 3 rings (SSSR count). The molecular formula is C13H14O5S. The normalized spacial score (nSPS) is 32.1. The monoisotopic (exact) mass is 282 g/mol. The van der Waals surface area contributed by atoms with Gasteiger partial charge in [0.25, 0.3) is 0 Å². The maximum Gasteiger partial charge on any atom is 0.312 e. The number of sulfone groups is 1. The molecule has 0 bridgehead atoms. The van der Waals surface area contributed by atoms with E-state index in [1.165, 1.54) is 0 Å². The Morgan fingerprint density at radius 1 is 1.37 bits per heavy atom. The molecule has 0 aromatic heterocycles. The van der Waals surface area contributed by atoms with Gasteiger partial charge in [0.15, 0.2) is 9.84 Å². The summed E-state index contributed by atoms with van der Waals surface area (Å²) >= 11 is 0. The average molecular weight is 282 g/mol. The predicted octanol–water partition coefficient (Wildman–Crippen LogP) is 1.05. The molecule has 1 N–H and O–H groups in total. The topological polar surface area (TPSA) is 80.7 Å². The molecule has 2 aliphatic heterocycles. The number of fused-ring (bicyclic) bond motifs is 1. The lowest BCUT2D eigenvalue weighted by Crippen LogP contribution is -2.38. The minimum Gasteiger partial charge on any atom is -0.481 e. The minimum absolute atomic E-state index is 0.0802. The number of ether oxygens (including phenoxy) is 1. The Balaban J connectivity index is 2.16. The lowest BCUT2D eigenvalue weighted by atomic mass is 9.72. The molecule has 1 saturated heterocycles. The number of benzene rings is 1. The van der Waals surface area contributed by atoms with E-state index in [2.05, 4.69) is 0 Å². The second-order valence-corrected chi connectivity index (χ2v) is 7.14. The summed E-state index contributed by atoms with van der Waals surface area (Å²) < 4.78 is 29.5. The van der Waals surface area contributed by atoms with Crippen LogP contribution in [0.5, 0.6) is 0 Å². The van der Waals surface area contributed by atoms with E-state index >= 15 is 0 Å². The molecular weight excluding hydrogens is 268 g/mol. The Morgan fingerprint density at radius 2 is 2.11 bits per heavy atom. The molecule has 1 aromatic carbocycles. The Bertz CT molecular complexity index is 628. The number of carbonyl (C=O) groups is 1. The first-order chi connectivity index (χ1) is 8.97. The fraction of sp³-hybridized carbons (Fsp3) is 0.462. The van der Waals surface area contributed by atoms with Gasteiger partial charge in [0.1, 0.15) is 5.41 Å². The van der Waals surface area contributed by atoms with Crippen molar-refractivity contribution in [1.29, 1.82) is 0 Å². The highest BCUT2D eigenvalue weighted by atomic mass is 32.2. The molecule has 102 valence electrons. The van der Waals surface area contributed by atoms with Crippen LogP contribution < -0.4 is 0 Å². The highest BCUT2D eigenvalue weighted by Gasteiger charge is 2.54. The largest absolute Gasteiger partial charge is 0.481 e. The molecule has 2 heterocycles.